The first-order valence-corrected chi connectivity index (χ1v) is 15.9. The van der Waals surface area contributed by atoms with Gasteiger partial charge in [0.1, 0.15) is 0 Å². The highest BCUT2D eigenvalue weighted by atomic mass is 32.2. The third-order valence-electron chi connectivity index (χ3n) is 8.70. The topological polar surface area (TPSA) is 121 Å². The van der Waals surface area contributed by atoms with Gasteiger partial charge in [-0.25, -0.2) is 17.2 Å². The van der Waals surface area contributed by atoms with E-state index < -0.39 is 15.9 Å². The number of aromatic nitrogens is 2. The molecular formula is C29H34F2N6O4S. The molecule has 3 heterocycles. The molecule has 1 aromatic heterocycles. The summed E-state index contributed by atoms with van der Waals surface area (Å²) in [5.41, 5.74) is 3.60. The van der Waals surface area contributed by atoms with Crippen LogP contribution in [0.3, 0.4) is 0 Å². The van der Waals surface area contributed by atoms with Gasteiger partial charge >= 0.3 is 0 Å². The van der Waals surface area contributed by atoms with Crippen molar-refractivity contribution in [1.29, 1.82) is 0 Å². The van der Waals surface area contributed by atoms with Crippen LogP contribution in [-0.2, 0) is 10.0 Å². The lowest BCUT2D eigenvalue weighted by Gasteiger charge is -2.35. The summed E-state index contributed by atoms with van der Waals surface area (Å²) in [6.07, 6.45) is 5.20. The van der Waals surface area contributed by atoms with E-state index in [1.54, 1.807) is 43.3 Å². The maximum absolute atomic E-state index is 13.9. The first-order valence-electron chi connectivity index (χ1n) is 14.3. The number of halogens is 2. The number of anilines is 4. The maximum Gasteiger partial charge on any atom is 0.257 e. The van der Waals surface area contributed by atoms with Gasteiger partial charge in [0.2, 0.25) is 22.3 Å². The van der Waals surface area contributed by atoms with Crippen LogP contribution in [-0.4, -0.2) is 62.4 Å². The summed E-state index contributed by atoms with van der Waals surface area (Å²) in [4.78, 5) is 17.7. The summed E-state index contributed by atoms with van der Waals surface area (Å²) in [5.74, 6) is -2.88. The third kappa shape index (κ3) is 6.06. The number of rotatable bonds is 8. The Morgan fingerprint density at radius 3 is 2.21 bits per heavy atom. The van der Waals surface area contributed by atoms with E-state index in [0.717, 1.165) is 25.9 Å². The van der Waals surface area contributed by atoms with Crippen molar-refractivity contribution in [3.8, 4) is 11.5 Å². The molecule has 2 aromatic carbocycles. The average molecular weight is 601 g/mol. The molecule has 13 heteroatoms. The molecule has 224 valence electrons. The SMILES string of the molecule is CCS(=O)(=O)Nc1ccc(C(=O)Nc2ccc(-c3nnco3)c(N3CCC(F)(F)CC3)c2)c(N2CCC3(CC2)CC3)c1. The van der Waals surface area contributed by atoms with Gasteiger partial charge in [-0.1, -0.05) is 0 Å². The summed E-state index contributed by atoms with van der Waals surface area (Å²) in [6.45, 7) is 3.42. The van der Waals surface area contributed by atoms with E-state index in [9.17, 15) is 22.0 Å². The molecule has 1 aliphatic carbocycles. The van der Waals surface area contributed by atoms with Crippen molar-refractivity contribution in [2.45, 2.75) is 51.4 Å². The smallest absolute Gasteiger partial charge is 0.257 e. The zero-order chi connectivity index (χ0) is 29.5. The molecule has 0 unspecified atom stereocenters. The van der Waals surface area contributed by atoms with Gasteiger partial charge in [0.15, 0.2) is 0 Å². The van der Waals surface area contributed by atoms with Crippen molar-refractivity contribution in [2.24, 2.45) is 5.41 Å². The van der Waals surface area contributed by atoms with Crippen molar-refractivity contribution in [3.63, 3.8) is 0 Å². The number of nitrogens with one attached hydrogen (secondary N) is 2. The van der Waals surface area contributed by atoms with Gasteiger partial charge in [-0.15, -0.1) is 10.2 Å². The summed E-state index contributed by atoms with van der Waals surface area (Å²) < 4.78 is 60.3. The van der Waals surface area contributed by atoms with E-state index in [-0.39, 0.29) is 43.5 Å². The summed E-state index contributed by atoms with van der Waals surface area (Å²) in [5, 5.41) is 10.7. The Balaban J connectivity index is 1.29. The second-order valence-electron chi connectivity index (χ2n) is 11.5. The molecular weight excluding hydrogens is 566 g/mol. The van der Waals surface area contributed by atoms with Crippen LogP contribution in [0.4, 0.5) is 31.5 Å². The van der Waals surface area contributed by atoms with Crippen LogP contribution in [0.2, 0.25) is 0 Å². The third-order valence-corrected chi connectivity index (χ3v) is 10.0. The highest BCUT2D eigenvalue weighted by Crippen LogP contribution is 2.54. The van der Waals surface area contributed by atoms with Gasteiger partial charge in [-0.2, -0.15) is 0 Å². The van der Waals surface area contributed by atoms with Crippen LogP contribution in [0.5, 0.6) is 0 Å². The summed E-state index contributed by atoms with van der Waals surface area (Å²) in [7, 11) is -3.49. The van der Waals surface area contributed by atoms with Crippen molar-refractivity contribution in [1.82, 2.24) is 10.2 Å². The Hall–Kier alpha value is -3.74. The molecule has 3 aliphatic rings. The number of nitrogens with zero attached hydrogens (tertiary/aromatic N) is 4. The normalized spacial score (nSPS) is 19.5. The van der Waals surface area contributed by atoms with Crippen LogP contribution < -0.4 is 19.8 Å². The van der Waals surface area contributed by atoms with Gasteiger partial charge in [0.05, 0.1) is 33.9 Å². The molecule has 3 aromatic rings. The fourth-order valence-electron chi connectivity index (χ4n) is 5.81. The molecule has 6 rings (SSSR count). The number of amides is 1. The number of piperidine rings is 2. The Morgan fingerprint density at radius 1 is 0.929 bits per heavy atom. The highest BCUT2D eigenvalue weighted by molar-refractivity contribution is 7.92. The number of carbonyl (C=O) groups excluding carboxylic acids is 1. The lowest BCUT2D eigenvalue weighted by atomic mass is 9.93. The summed E-state index contributed by atoms with van der Waals surface area (Å²) >= 11 is 0. The minimum absolute atomic E-state index is 0.0621. The second-order valence-corrected chi connectivity index (χ2v) is 13.5. The molecule has 2 saturated heterocycles. The van der Waals surface area contributed by atoms with Gasteiger partial charge in [-0.3, -0.25) is 9.52 Å². The van der Waals surface area contributed by atoms with Gasteiger partial charge in [0, 0.05) is 44.7 Å². The maximum atomic E-state index is 13.9. The van der Waals surface area contributed by atoms with E-state index in [1.165, 1.54) is 19.2 Å². The zero-order valence-electron chi connectivity index (χ0n) is 23.4. The Labute approximate surface area is 243 Å². The molecule has 10 nitrogen and oxygen atoms in total. The number of hydrogen-bond donors (Lipinski definition) is 2. The number of benzene rings is 2. The van der Waals surface area contributed by atoms with Crippen LogP contribution >= 0.6 is 0 Å². The Bertz CT molecular complexity index is 1560. The molecule has 1 spiro atoms. The lowest BCUT2D eigenvalue weighted by Crippen LogP contribution is -2.39. The largest absolute Gasteiger partial charge is 0.423 e. The quantitative estimate of drug-likeness (QED) is 0.354. The van der Waals surface area contributed by atoms with Crippen molar-refractivity contribution < 1.29 is 26.4 Å². The molecule has 42 heavy (non-hydrogen) atoms. The summed E-state index contributed by atoms with van der Waals surface area (Å²) in [6, 6.07) is 10.1. The lowest BCUT2D eigenvalue weighted by molar-refractivity contribution is -0.0220. The van der Waals surface area contributed by atoms with E-state index >= 15 is 0 Å². The second kappa shape index (κ2) is 10.8. The monoisotopic (exact) mass is 600 g/mol. The molecule has 3 fully saturated rings. The minimum atomic E-state index is -3.49. The van der Waals surface area contributed by atoms with Gasteiger partial charge in [-0.05, 0) is 74.4 Å². The predicted molar refractivity (Wildman–Crippen MR) is 157 cm³/mol. The predicted octanol–water partition coefficient (Wildman–Crippen LogP) is 5.37. The molecule has 1 amide bonds. The van der Waals surface area contributed by atoms with Gasteiger partial charge in [0.25, 0.3) is 11.8 Å². The van der Waals surface area contributed by atoms with Crippen molar-refractivity contribution in [3.05, 3.63) is 48.4 Å². The molecule has 2 aliphatic heterocycles. The first-order chi connectivity index (χ1) is 20.1. The van der Waals surface area contributed by atoms with Crippen LogP contribution in [0.1, 0.15) is 55.8 Å². The number of sulfonamides is 1. The Kier molecular flexibility index (Phi) is 7.32. The molecule has 0 bridgehead atoms. The van der Waals surface area contributed by atoms with E-state index in [2.05, 4.69) is 25.1 Å². The van der Waals surface area contributed by atoms with Crippen LogP contribution in [0, 0.1) is 5.41 Å². The Morgan fingerprint density at radius 2 is 1.57 bits per heavy atom. The van der Waals surface area contributed by atoms with E-state index in [1.807, 2.05) is 4.90 Å². The molecule has 1 saturated carbocycles. The van der Waals surface area contributed by atoms with Crippen molar-refractivity contribution in [2.75, 3.05) is 51.8 Å². The highest BCUT2D eigenvalue weighted by Gasteiger charge is 2.44. The van der Waals surface area contributed by atoms with E-state index in [4.69, 9.17) is 4.42 Å². The first kappa shape index (κ1) is 28.4. The molecule has 0 radical (unpaired) electrons. The number of carbonyl (C=O) groups is 1. The van der Waals surface area contributed by atoms with Crippen LogP contribution in [0.15, 0.2) is 47.2 Å². The average Bonchev–Trinajstić information content (AvgIpc) is 3.48. The van der Waals surface area contributed by atoms with Crippen LogP contribution in [0.25, 0.3) is 11.5 Å². The van der Waals surface area contributed by atoms with E-state index in [0.29, 0.717) is 39.3 Å². The minimum Gasteiger partial charge on any atom is -0.423 e. The number of hydrogen-bond acceptors (Lipinski definition) is 8. The fourth-order valence-corrected chi connectivity index (χ4v) is 6.45. The standard InChI is InChI=1S/C29H34F2N6O4S/c1-2-42(39,40)35-21-4-5-22(24(18-21)36-13-9-28(7-8-28)10-14-36)26(38)33-20-3-6-23(27-34-32-19-41-27)25(17-20)37-15-11-29(30,31)12-16-37/h3-6,17-19,35H,2,7-16H2,1H3,(H,33,38). The fraction of sp³-hybridized carbons (Fsp3) is 0.483. The number of alkyl halides is 2. The molecule has 2 N–H and O–H groups in total. The molecule has 0 atom stereocenters. The zero-order valence-corrected chi connectivity index (χ0v) is 24.2. The van der Waals surface area contributed by atoms with Gasteiger partial charge < -0.3 is 19.5 Å². The van der Waals surface area contributed by atoms with Crippen molar-refractivity contribution >= 4 is 38.7 Å².